The van der Waals surface area contributed by atoms with Gasteiger partial charge in [-0.2, -0.15) is 4.31 Å². The van der Waals surface area contributed by atoms with Crippen molar-refractivity contribution in [2.75, 3.05) is 68.7 Å². The summed E-state index contributed by atoms with van der Waals surface area (Å²) in [7, 11) is -3.85. The van der Waals surface area contributed by atoms with Crippen LogP contribution in [0.1, 0.15) is 63.4 Å². The molecule has 12 nitrogen and oxygen atoms in total. The molecule has 0 unspecified atom stereocenters. The van der Waals surface area contributed by atoms with Crippen molar-refractivity contribution in [3.63, 3.8) is 0 Å². The van der Waals surface area contributed by atoms with E-state index in [9.17, 15) is 18.0 Å². The quantitative estimate of drug-likeness (QED) is 0.260. The number of piperazine rings is 1. The number of rotatable bonds is 13. The van der Waals surface area contributed by atoms with E-state index in [4.69, 9.17) is 28.8 Å². The van der Waals surface area contributed by atoms with E-state index < -0.39 is 26.8 Å². The highest BCUT2D eigenvalue weighted by atomic mass is 35.5. The summed E-state index contributed by atoms with van der Waals surface area (Å²) in [6.07, 6.45) is 3.48. The summed E-state index contributed by atoms with van der Waals surface area (Å²) in [6, 6.07) is 8.54. The second-order valence-electron chi connectivity index (χ2n) is 14.6. The highest BCUT2D eigenvalue weighted by Gasteiger charge is 2.63. The van der Waals surface area contributed by atoms with Crippen molar-refractivity contribution < 1.29 is 26.8 Å². The predicted octanol–water partition coefficient (Wildman–Crippen LogP) is 3.27. The van der Waals surface area contributed by atoms with Crippen LogP contribution in [0.4, 0.5) is 20.3 Å². The number of aromatic nitrogens is 1. The number of amides is 2. The molecule has 6 N–H and O–H groups in total. The predicted molar refractivity (Wildman–Crippen MR) is 192 cm³/mol. The molecule has 3 saturated carbocycles. The number of nitrogens with two attached hydrogens (primary N) is 3. The molecule has 1 aromatic carbocycles. The van der Waals surface area contributed by atoms with E-state index in [1.165, 1.54) is 28.6 Å². The van der Waals surface area contributed by atoms with Crippen LogP contribution in [0.5, 0.6) is 0 Å². The third-order valence-corrected chi connectivity index (χ3v) is 13.7. The molecule has 51 heavy (non-hydrogen) atoms. The van der Waals surface area contributed by atoms with Crippen LogP contribution in [0.15, 0.2) is 41.3 Å². The Hall–Kier alpha value is -2.95. The SMILES string of the molecule is NCCCN(CCCN)C(=O)C12CCC(C(F)(F)c3cc(Cl)nc(N4CCN(S(=O)(=O)c5ccc(N6C[C@H](N)CC6=O)cc5)CC4)c3)(CC1)CC2. The van der Waals surface area contributed by atoms with Crippen molar-refractivity contribution in [3.8, 4) is 0 Å². The lowest BCUT2D eigenvalue weighted by molar-refractivity contribution is -0.197. The van der Waals surface area contributed by atoms with Crippen molar-refractivity contribution >= 4 is 44.9 Å². The van der Waals surface area contributed by atoms with Crippen LogP contribution in [-0.4, -0.2) is 99.4 Å². The van der Waals surface area contributed by atoms with Crippen molar-refractivity contribution in [2.24, 2.45) is 28.0 Å². The molecule has 1 atom stereocenters. The van der Waals surface area contributed by atoms with Crippen LogP contribution >= 0.6 is 11.6 Å². The van der Waals surface area contributed by atoms with Gasteiger partial charge in [-0.05, 0) is 101 Å². The van der Waals surface area contributed by atoms with Gasteiger partial charge in [-0.15, -0.1) is 0 Å². The largest absolute Gasteiger partial charge is 0.354 e. The summed E-state index contributed by atoms with van der Waals surface area (Å²) < 4.78 is 61.8. The summed E-state index contributed by atoms with van der Waals surface area (Å²) in [5.74, 6) is -3.01. The minimum Gasteiger partial charge on any atom is -0.354 e. The molecule has 16 heteroatoms. The Bertz CT molecular complexity index is 1680. The fourth-order valence-electron chi connectivity index (χ4n) is 8.41. The van der Waals surface area contributed by atoms with E-state index in [0.29, 0.717) is 70.5 Å². The summed E-state index contributed by atoms with van der Waals surface area (Å²) >= 11 is 6.38. The third-order valence-electron chi connectivity index (χ3n) is 11.6. The second kappa shape index (κ2) is 14.8. The minimum atomic E-state index is -3.85. The molecule has 2 amide bonds. The number of hydrogen-bond acceptors (Lipinski definition) is 9. The number of anilines is 2. The third kappa shape index (κ3) is 7.21. The number of carbonyl (C=O) groups is 2. The van der Waals surface area contributed by atoms with Gasteiger partial charge in [0.1, 0.15) is 11.0 Å². The zero-order valence-electron chi connectivity index (χ0n) is 28.9. The van der Waals surface area contributed by atoms with Crippen LogP contribution in [0.2, 0.25) is 5.15 Å². The lowest BCUT2D eigenvalue weighted by atomic mass is 9.50. The van der Waals surface area contributed by atoms with Crippen LogP contribution in [0.3, 0.4) is 0 Å². The number of halogens is 3. The van der Waals surface area contributed by atoms with Crippen LogP contribution in [0.25, 0.3) is 0 Å². The van der Waals surface area contributed by atoms with Gasteiger partial charge < -0.3 is 31.9 Å². The van der Waals surface area contributed by atoms with Crippen molar-refractivity contribution in [1.82, 2.24) is 14.2 Å². The van der Waals surface area contributed by atoms with Gasteiger partial charge in [0.25, 0.3) is 5.92 Å². The second-order valence-corrected chi connectivity index (χ2v) is 16.9. The summed E-state index contributed by atoms with van der Waals surface area (Å²) in [4.78, 5) is 35.6. The number of pyridine rings is 1. The average molecular weight is 751 g/mol. The first-order valence-corrected chi connectivity index (χ1v) is 19.7. The van der Waals surface area contributed by atoms with Crippen LogP contribution in [0, 0.1) is 10.8 Å². The molecular weight excluding hydrogens is 702 g/mol. The highest BCUT2D eigenvalue weighted by molar-refractivity contribution is 7.89. The topological polar surface area (TPSA) is 172 Å². The molecule has 5 fully saturated rings. The van der Waals surface area contributed by atoms with Gasteiger partial charge in [0.15, 0.2) is 0 Å². The van der Waals surface area contributed by atoms with Gasteiger partial charge in [0.2, 0.25) is 21.8 Å². The van der Waals surface area contributed by atoms with Crippen molar-refractivity contribution in [2.45, 2.75) is 74.6 Å². The first-order chi connectivity index (χ1) is 24.2. The Balaban J connectivity index is 1.11. The molecule has 3 aliphatic carbocycles. The summed E-state index contributed by atoms with van der Waals surface area (Å²) in [6.45, 7) is 3.11. The molecular formula is C35H49ClF2N8O4S. The maximum atomic E-state index is 16.7. The van der Waals surface area contributed by atoms with E-state index in [1.807, 2.05) is 4.90 Å². The molecule has 3 heterocycles. The Morgan fingerprint density at radius 2 is 1.55 bits per heavy atom. The Morgan fingerprint density at radius 3 is 2.08 bits per heavy atom. The smallest absolute Gasteiger partial charge is 0.278 e. The molecule has 0 spiro atoms. The molecule has 1 aromatic heterocycles. The maximum absolute atomic E-state index is 16.7. The van der Waals surface area contributed by atoms with Gasteiger partial charge in [0.05, 0.1) is 4.90 Å². The molecule has 2 saturated heterocycles. The first kappa shape index (κ1) is 37.8. The number of benzene rings is 1. The number of sulfonamides is 1. The van der Waals surface area contributed by atoms with E-state index in [1.54, 1.807) is 21.9 Å². The van der Waals surface area contributed by atoms with Crippen LogP contribution in [-0.2, 0) is 25.5 Å². The van der Waals surface area contributed by atoms with Crippen LogP contribution < -0.4 is 27.0 Å². The highest BCUT2D eigenvalue weighted by Crippen LogP contribution is 2.65. The molecule has 2 aliphatic heterocycles. The van der Waals surface area contributed by atoms with Crippen molar-refractivity contribution in [1.29, 1.82) is 0 Å². The fourth-order valence-corrected chi connectivity index (χ4v) is 10.0. The molecule has 5 aliphatic rings. The van der Waals surface area contributed by atoms with Gasteiger partial charge in [-0.25, -0.2) is 22.2 Å². The normalized spacial score (nSPS) is 25.8. The molecule has 0 radical (unpaired) electrons. The lowest BCUT2D eigenvalue weighted by Gasteiger charge is -2.56. The van der Waals surface area contributed by atoms with Gasteiger partial charge in [-0.1, -0.05) is 11.6 Å². The number of hydrogen-bond donors (Lipinski definition) is 3. The Labute approximate surface area is 303 Å². The van der Waals surface area contributed by atoms with Crippen molar-refractivity contribution in [3.05, 3.63) is 47.1 Å². The first-order valence-electron chi connectivity index (χ1n) is 17.9. The minimum absolute atomic E-state index is 0.0391. The Morgan fingerprint density at radius 1 is 0.961 bits per heavy atom. The summed E-state index contributed by atoms with van der Waals surface area (Å²) in [5.41, 5.74) is 15.8. The molecule has 7 rings (SSSR count). The fraction of sp³-hybridized carbons (Fsp3) is 0.629. The van der Waals surface area contributed by atoms with E-state index in [0.717, 1.165) is 0 Å². The number of nitrogens with zero attached hydrogens (tertiary/aromatic N) is 5. The molecule has 2 aromatic rings. The number of carbonyl (C=O) groups excluding carboxylic acids is 2. The standard InChI is InChI=1S/C35H49ClF2N8O4S/c36-29-21-25(35(37,38)34-10-7-33(8-11-34,9-12-34)32(48)44(15-1-13-39)16-2-14-40)22-30(42-29)43-17-19-45(20-18-43)51(49,50)28-5-3-27(4-6-28)46-24-26(41)23-31(46)47/h3-6,21-22,26H,1-2,7-20,23-24,39-41H2/t26-,33?,34?/m1/s1. The molecule has 2 bridgehead atoms. The van der Waals surface area contributed by atoms with E-state index in [2.05, 4.69) is 4.98 Å². The van der Waals surface area contributed by atoms with Gasteiger partial charge in [-0.3, -0.25) is 9.59 Å². The number of fused-ring (bicyclic) bond motifs is 3. The van der Waals surface area contributed by atoms with Gasteiger partial charge >= 0.3 is 0 Å². The monoisotopic (exact) mass is 750 g/mol. The average Bonchev–Trinajstić information content (AvgIpc) is 3.49. The van der Waals surface area contributed by atoms with Gasteiger partial charge in [0, 0.05) is 80.4 Å². The van der Waals surface area contributed by atoms with E-state index in [-0.39, 0.29) is 91.1 Å². The maximum Gasteiger partial charge on any atom is 0.278 e. The summed E-state index contributed by atoms with van der Waals surface area (Å²) in [5, 5.41) is -0.0576. The lowest BCUT2D eigenvalue weighted by Crippen LogP contribution is -2.56. The Kier molecular flexibility index (Phi) is 11.0. The number of alkyl halides is 2. The zero-order valence-corrected chi connectivity index (χ0v) is 30.5. The van der Waals surface area contributed by atoms with E-state index >= 15 is 8.78 Å². The zero-order chi connectivity index (χ0) is 36.6. The molecule has 280 valence electrons.